The molecule has 0 aliphatic heterocycles. The summed E-state index contributed by atoms with van der Waals surface area (Å²) < 4.78 is 0. The van der Waals surface area contributed by atoms with Crippen molar-refractivity contribution in [2.75, 3.05) is 6.54 Å². The second kappa shape index (κ2) is 6.51. The van der Waals surface area contributed by atoms with E-state index < -0.39 is 5.97 Å². The molecule has 4 nitrogen and oxygen atoms in total. The number of benzene rings is 1. The number of hydrogen-bond donors (Lipinski definition) is 2. The summed E-state index contributed by atoms with van der Waals surface area (Å²) in [5.74, 6) is 0.0386. The van der Waals surface area contributed by atoms with Crippen molar-refractivity contribution < 1.29 is 14.7 Å². The Kier molecular flexibility index (Phi) is 4.46. The third kappa shape index (κ3) is 3.32. The second-order valence-electron chi connectivity index (χ2n) is 6.74. The minimum Gasteiger partial charge on any atom is -0.481 e. The summed E-state index contributed by atoms with van der Waals surface area (Å²) in [6, 6.07) is 10.5. The topological polar surface area (TPSA) is 66.4 Å². The molecule has 3 rings (SSSR count). The van der Waals surface area contributed by atoms with Crippen LogP contribution in [-0.2, 0) is 9.59 Å². The lowest BCUT2D eigenvalue weighted by atomic mass is 9.71. The molecule has 0 aromatic heterocycles. The number of hydrogen-bond acceptors (Lipinski definition) is 2. The molecule has 2 aliphatic carbocycles. The third-order valence-corrected chi connectivity index (χ3v) is 5.22. The van der Waals surface area contributed by atoms with Crippen LogP contribution >= 0.6 is 0 Å². The first-order chi connectivity index (χ1) is 10.6. The van der Waals surface area contributed by atoms with E-state index in [2.05, 4.69) is 29.6 Å². The van der Waals surface area contributed by atoms with Crippen LogP contribution in [0.5, 0.6) is 0 Å². The summed E-state index contributed by atoms with van der Waals surface area (Å²) in [4.78, 5) is 23.0. The summed E-state index contributed by atoms with van der Waals surface area (Å²) in [6.45, 7) is 0.733. The van der Waals surface area contributed by atoms with Gasteiger partial charge in [0, 0.05) is 12.5 Å². The summed E-state index contributed by atoms with van der Waals surface area (Å²) in [5.41, 5.74) is 1.39. The molecule has 0 bridgehead atoms. The second-order valence-corrected chi connectivity index (χ2v) is 6.74. The summed E-state index contributed by atoms with van der Waals surface area (Å²) >= 11 is 0. The van der Waals surface area contributed by atoms with Gasteiger partial charge in [-0.15, -0.1) is 0 Å². The van der Waals surface area contributed by atoms with Crippen LogP contribution in [0, 0.1) is 17.8 Å². The van der Waals surface area contributed by atoms with Gasteiger partial charge in [-0.2, -0.15) is 0 Å². The predicted octanol–water partition coefficient (Wildman–Crippen LogP) is 2.80. The van der Waals surface area contributed by atoms with Crippen LogP contribution in [0.1, 0.15) is 43.6 Å². The molecule has 2 saturated carbocycles. The third-order valence-electron chi connectivity index (χ3n) is 5.22. The Bertz CT molecular complexity index is 537. The zero-order chi connectivity index (χ0) is 15.5. The SMILES string of the molecule is O=C(O)[C@@H]1CC[C@H](C(=O)NCC2CC(c3ccccc3)C2)C1. The minimum atomic E-state index is -0.764. The molecule has 2 aliphatic rings. The molecule has 0 saturated heterocycles. The van der Waals surface area contributed by atoms with E-state index in [-0.39, 0.29) is 17.7 Å². The Morgan fingerprint density at radius 3 is 2.36 bits per heavy atom. The first-order valence-electron chi connectivity index (χ1n) is 8.19. The van der Waals surface area contributed by atoms with Crippen LogP contribution in [-0.4, -0.2) is 23.5 Å². The van der Waals surface area contributed by atoms with Gasteiger partial charge in [0.15, 0.2) is 0 Å². The van der Waals surface area contributed by atoms with Gasteiger partial charge in [-0.3, -0.25) is 9.59 Å². The van der Waals surface area contributed by atoms with Gasteiger partial charge in [-0.1, -0.05) is 30.3 Å². The number of carbonyl (C=O) groups excluding carboxylic acids is 1. The Balaban J connectivity index is 1.38. The van der Waals surface area contributed by atoms with Crippen molar-refractivity contribution >= 4 is 11.9 Å². The fourth-order valence-corrected chi connectivity index (χ4v) is 3.73. The van der Waals surface area contributed by atoms with Crippen molar-refractivity contribution in [2.45, 2.75) is 38.0 Å². The monoisotopic (exact) mass is 301 g/mol. The van der Waals surface area contributed by atoms with Crippen molar-refractivity contribution in [1.29, 1.82) is 0 Å². The van der Waals surface area contributed by atoms with Crippen LogP contribution in [0.25, 0.3) is 0 Å². The molecule has 1 amide bonds. The molecule has 0 heterocycles. The number of amides is 1. The van der Waals surface area contributed by atoms with Crippen LogP contribution in [0.2, 0.25) is 0 Å². The summed E-state index contributed by atoms with van der Waals surface area (Å²) in [7, 11) is 0. The highest BCUT2D eigenvalue weighted by molar-refractivity contribution is 5.80. The van der Waals surface area contributed by atoms with E-state index in [1.807, 2.05) is 6.07 Å². The van der Waals surface area contributed by atoms with Gasteiger partial charge in [0.1, 0.15) is 0 Å². The average Bonchev–Trinajstić information content (AvgIpc) is 2.96. The van der Waals surface area contributed by atoms with Gasteiger partial charge in [-0.05, 0) is 49.5 Å². The maximum atomic E-state index is 12.1. The number of aliphatic carboxylic acids is 1. The highest BCUT2D eigenvalue weighted by Crippen LogP contribution is 2.41. The fraction of sp³-hybridized carbons (Fsp3) is 0.556. The molecule has 2 fully saturated rings. The number of rotatable bonds is 5. The standard InChI is InChI=1S/C18H23NO3/c20-17(14-6-7-15(10-14)18(21)22)19-11-12-8-16(9-12)13-4-2-1-3-5-13/h1-5,12,14-16H,6-11H2,(H,19,20)(H,21,22)/t12?,14-,15+,16?/m0/s1. The lowest BCUT2D eigenvalue weighted by molar-refractivity contribution is -0.141. The number of carboxylic acids is 1. The first-order valence-corrected chi connectivity index (χ1v) is 8.19. The zero-order valence-electron chi connectivity index (χ0n) is 12.7. The molecule has 2 atom stereocenters. The Labute approximate surface area is 130 Å². The van der Waals surface area contributed by atoms with E-state index in [1.54, 1.807) is 0 Å². The molecule has 0 unspecified atom stereocenters. The smallest absolute Gasteiger partial charge is 0.306 e. The highest BCUT2D eigenvalue weighted by Gasteiger charge is 2.35. The first kappa shape index (κ1) is 15.1. The molecular formula is C18H23NO3. The number of carbonyl (C=O) groups is 2. The van der Waals surface area contributed by atoms with Gasteiger partial charge in [0.05, 0.1) is 5.92 Å². The van der Waals surface area contributed by atoms with Crippen molar-refractivity contribution in [3.63, 3.8) is 0 Å². The van der Waals surface area contributed by atoms with Crippen LogP contribution < -0.4 is 5.32 Å². The molecule has 2 N–H and O–H groups in total. The van der Waals surface area contributed by atoms with Crippen LogP contribution in [0.4, 0.5) is 0 Å². The fourth-order valence-electron chi connectivity index (χ4n) is 3.73. The van der Waals surface area contributed by atoms with E-state index in [9.17, 15) is 9.59 Å². The van der Waals surface area contributed by atoms with Gasteiger partial charge in [0.25, 0.3) is 0 Å². The Morgan fingerprint density at radius 1 is 1.05 bits per heavy atom. The van der Waals surface area contributed by atoms with Gasteiger partial charge >= 0.3 is 5.97 Å². The van der Waals surface area contributed by atoms with Crippen molar-refractivity contribution in [3.8, 4) is 0 Å². The van der Waals surface area contributed by atoms with Crippen molar-refractivity contribution in [3.05, 3.63) is 35.9 Å². The minimum absolute atomic E-state index is 0.0481. The molecular weight excluding hydrogens is 278 g/mol. The molecule has 4 heteroatoms. The maximum absolute atomic E-state index is 12.1. The maximum Gasteiger partial charge on any atom is 0.306 e. The molecule has 0 radical (unpaired) electrons. The molecule has 22 heavy (non-hydrogen) atoms. The number of carboxylic acid groups (broad SMARTS) is 1. The summed E-state index contributed by atoms with van der Waals surface area (Å²) in [6.07, 6.45) is 4.10. The van der Waals surface area contributed by atoms with Gasteiger partial charge in [-0.25, -0.2) is 0 Å². The average molecular weight is 301 g/mol. The molecule has 1 aromatic rings. The van der Waals surface area contributed by atoms with E-state index in [4.69, 9.17) is 5.11 Å². The Hall–Kier alpha value is -1.84. The van der Waals surface area contributed by atoms with E-state index >= 15 is 0 Å². The largest absolute Gasteiger partial charge is 0.481 e. The lowest BCUT2D eigenvalue weighted by Crippen LogP contribution is -2.37. The van der Waals surface area contributed by atoms with Crippen molar-refractivity contribution in [2.24, 2.45) is 17.8 Å². The van der Waals surface area contributed by atoms with E-state index in [0.717, 1.165) is 19.4 Å². The zero-order valence-corrected chi connectivity index (χ0v) is 12.7. The predicted molar refractivity (Wildman–Crippen MR) is 83.4 cm³/mol. The van der Waals surface area contributed by atoms with Crippen LogP contribution in [0.3, 0.4) is 0 Å². The Morgan fingerprint density at radius 2 is 1.73 bits per heavy atom. The van der Waals surface area contributed by atoms with Gasteiger partial charge in [0.2, 0.25) is 5.91 Å². The van der Waals surface area contributed by atoms with Gasteiger partial charge < -0.3 is 10.4 Å². The lowest BCUT2D eigenvalue weighted by Gasteiger charge is -2.36. The molecule has 0 spiro atoms. The number of nitrogens with one attached hydrogen (secondary N) is 1. The highest BCUT2D eigenvalue weighted by atomic mass is 16.4. The van der Waals surface area contributed by atoms with E-state index in [1.165, 1.54) is 5.56 Å². The van der Waals surface area contributed by atoms with Crippen LogP contribution in [0.15, 0.2) is 30.3 Å². The molecule has 118 valence electrons. The normalized spacial score (nSPS) is 30.5. The summed E-state index contributed by atoms with van der Waals surface area (Å²) in [5, 5.41) is 12.0. The quantitative estimate of drug-likeness (QED) is 0.879. The molecule has 1 aromatic carbocycles. The van der Waals surface area contributed by atoms with E-state index in [0.29, 0.717) is 31.1 Å². The van der Waals surface area contributed by atoms with Crippen molar-refractivity contribution in [1.82, 2.24) is 5.32 Å².